The molecule has 1 aromatic carbocycles. The lowest BCUT2D eigenvalue weighted by atomic mass is 10.1. The van der Waals surface area contributed by atoms with E-state index in [4.69, 9.17) is 0 Å². The molecular weight excluding hydrogens is 383 g/mol. The summed E-state index contributed by atoms with van der Waals surface area (Å²) in [6.07, 6.45) is -4.91. The highest BCUT2D eigenvalue weighted by Crippen LogP contribution is 2.24. The van der Waals surface area contributed by atoms with Crippen LogP contribution in [-0.2, 0) is 17.8 Å². The number of hydrogen-bond donors (Lipinski definition) is 0. The Kier molecular flexibility index (Phi) is 6.53. The predicted molar refractivity (Wildman–Crippen MR) is 94.5 cm³/mol. The van der Waals surface area contributed by atoms with Gasteiger partial charge in [-0.3, -0.25) is 14.9 Å². The Labute approximate surface area is 157 Å². The molecule has 0 N–H and O–H groups in total. The smallest absolute Gasteiger partial charge is 0.329 e. The number of amides is 1. The largest absolute Gasteiger partial charge is 0.406 e. The zero-order chi connectivity index (χ0) is 20.2. The van der Waals surface area contributed by atoms with Crippen molar-refractivity contribution < 1.29 is 22.9 Å². The third-order valence-corrected chi connectivity index (χ3v) is 4.86. The van der Waals surface area contributed by atoms with Gasteiger partial charge in [0, 0.05) is 22.9 Å². The van der Waals surface area contributed by atoms with Crippen molar-refractivity contribution in [2.24, 2.45) is 0 Å². The van der Waals surface area contributed by atoms with E-state index in [1.807, 2.05) is 13.8 Å². The Morgan fingerprint density at radius 1 is 1.33 bits per heavy atom. The maximum atomic E-state index is 12.9. The molecule has 2 aromatic rings. The van der Waals surface area contributed by atoms with Crippen LogP contribution in [0.4, 0.5) is 18.9 Å². The number of carbonyl (C=O) groups excluding carboxylic acids is 1. The summed E-state index contributed by atoms with van der Waals surface area (Å²) >= 11 is 1.34. The number of rotatable bonds is 7. The molecule has 27 heavy (non-hydrogen) atoms. The Bertz CT molecular complexity index is 821. The Hall–Kier alpha value is -2.49. The minimum Gasteiger partial charge on any atom is -0.329 e. The topological polar surface area (TPSA) is 76.3 Å². The van der Waals surface area contributed by atoms with Crippen LogP contribution >= 0.6 is 11.3 Å². The molecule has 0 saturated carbocycles. The molecule has 10 heteroatoms. The summed E-state index contributed by atoms with van der Waals surface area (Å²) in [5, 5.41) is 13.5. The molecular formula is C17H18F3N3O3S. The van der Waals surface area contributed by atoms with Crippen molar-refractivity contribution in [3.63, 3.8) is 0 Å². The number of thiazole rings is 1. The zero-order valence-electron chi connectivity index (χ0n) is 14.7. The van der Waals surface area contributed by atoms with Crippen LogP contribution in [0, 0.1) is 10.1 Å². The minimum atomic E-state index is -4.62. The van der Waals surface area contributed by atoms with Crippen molar-refractivity contribution in [1.29, 1.82) is 0 Å². The van der Waals surface area contributed by atoms with Crippen molar-refractivity contribution in [2.75, 3.05) is 6.54 Å². The molecule has 0 fully saturated rings. The van der Waals surface area contributed by atoms with Gasteiger partial charge in [0.2, 0.25) is 5.91 Å². The van der Waals surface area contributed by atoms with Gasteiger partial charge in [-0.2, -0.15) is 13.2 Å². The average molecular weight is 401 g/mol. The summed E-state index contributed by atoms with van der Waals surface area (Å²) < 4.78 is 38.8. The van der Waals surface area contributed by atoms with Crippen LogP contribution in [0.25, 0.3) is 0 Å². The SMILES string of the molecule is CC(C)c1nc(CC(=O)N(Cc2ccccc2[N+](=O)[O-])CC(F)(F)F)cs1. The number of halogens is 3. The number of nitro groups is 1. The number of nitro benzene ring substituents is 1. The van der Waals surface area contributed by atoms with E-state index >= 15 is 0 Å². The number of para-hydroxylation sites is 1. The van der Waals surface area contributed by atoms with Gasteiger partial charge in [0.25, 0.3) is 5.69 Å². The van der Waals surface area contributed by atoms with Gasteiger partial charge in [-0.25, -0.2) is 4.98 Å². The van der Waals surface area contributed by atoms with E-state index in [0.29, 0.717) is 10.6 Å². The molecule has 2 rings (SSSR count). The number of nitrogens with zero attached hydrogens (tertiary/aromatic N) is 3. The quantitative estimate of drug-likeness (QED) is 0.512. The second-order valence-electron chi connectivity index (χ2n) is 6.26. The van der Waals surface area contributed by atoms with Gasteiger partial charge in [0.15, 0.2) is 0 Å². The molecule has 0 atom stereocenters. The highest BCUT2D eigenvalue weighted by Gasteiger charge is 2.34. The molecule has 0 bridgehead atoms. The number of hydrogen-bond acceptors (Lipinski definition) is 5. The summed E-state index contributed by atoms with van der Waals surface area (Å²) in [7, 11) is 0. The van der Waals surface area contributed by atoms with Gasteiger partial charge >= 0.3 is 6.18 Å². The van der Waals surface area contributed by atoms with Crippen molar-refractivity contribution in [1.82, 2.24) is 9.88 Å². The lowest BCUT2D eigenvalue weighted by Crippen LogP contribution is -2.39. The molecule has 6 nitrogen and oxygen atoms in total. The lowest BCUT2D eigenvalue weighted by Gasteiger charge is -2.23. The fourth-order valence-corrected chi connectivity index (χ4v) is 3.25. The number of benzene rings is 1. The molecule has 146 valence electrons. The molecule has 0 aliphatic carbocycles. The maximum absolute atomic E-state index is 12.9. The molecule has 1 amide bonds. The molecule has 0 saturated heterocycles. The van der Waals surface area contributed by atoms with Crippen LogP contribution in [-0.4, -0.2) is 33.4 Å². The first-order valence-corrected chi connectivity index (χ1v) is 8.96. The summed E-state index contributed by atoms with van der Waals surface area (Å²) in [5.41, 5.74) is 0.109. The van der Waals surface area contributed by atoms with E-state index in [9.17, 15) is 28.1 Å². The van der Waals surface area contributed by atoms with E-state index < -0.39 is 30.1 Å². The van der Waals surface area contributed by atoms with E-state index in [2.05, 4.69) is 4.98 Å². The van der Waals surface area contributed by atoms with Crippen LogP contribution in [0.2, 0.25) is 0 Å². The maximum Gasteiger partial charge on any atom is 0.406 e. The highest BCUT2D eigenvalue weighted by molar-refractivity contribution is 7.09. The van der Waals surface area contributed by atoms with Crippen LogP contribution in [0.15, 0.2) is 29.6 Å². The summed E-state index contributed by atoms with van der Waals surface area (Å²) in [5.74, 6) is -0.636. The second kappa shape index (κ2) is 8.47. The molecule has 0 aliphatic heterocycles. The molecule has 0 unspecified atom stereocenters. The average Bonchev–Trinajstić information content (AvgIpc) is 3.02. The van der Waals surface area contributed by atoms with Gasteiger partial charge in [-0.1, -0.05) is 32.0 Å². The number of alkyl halides is 3. The van der Waals surface area contributed by atoms with Gasteiger partial charge in [-0.15, -0.1) is 11.3 Å². The van der Waals surface area contributed by atoms with Gasteiger partial charge in [0.05, 0.1) is 28.6 Å². The molecule has 0 aliphatic rings. The van der Waals surface area contributed by atoms with Crippen molar-refractivity contribution in [2.45, 2.75) is 38.9 Å². The van der Waals surface area contributed by atoms with Crippen LogP contribution in [0.5, 0.6) is 0 Å². The summed E-state index contributed by atoms with van der Waals surface area (Å²) in [6, 6.07) is 5.43. The monoisotopic (exact) mass is 401 g/mol. The first-order chi connectivity index (χ1) is 12.6. The van der Waals surface area contributed by atoms with Crippen molar-refractivity contribution in [3.05, 3.63) is 56.0 Å². The second-order valence-corrected chi connectivity index (χ2v) is 7.15. The Morgan fingerprint density at radius 3 is 2.56 bits per heavy atom. The summed E-state index contributed by atoms with van der Waals surface area (Å²) in [6.45, 7) is 1.86. The van der Waals surface area contributed by atoms with E-state index in [-0.39, 0.29) is 23.6 Å². The predicted octanol–water partition coefficient (Wildman–Crippen LogP) is 4.31. The summed E-state index contributed by atoms with van der Waals surface area (Å²) in [4.78, 5) is 27.7. The van der Waals surface area contributed by atoms with Crippen LogP contribution < -0.4 is 0 Å². The standard InChI is InChI=1S/C17H18F3N3O3S/c1-11(2)16-21-13(9-27-16)7-15(24)22(10-17(18,19)20)8-12-5-3-4-6-14(12)23(25)26/h3-6,9,11H,7-8,10H2,1-2H3. The van der Waals surface area contributed by atoms with Gasteiger partial charge in [-0.05, 0) is 0 Å². The fourth-order valence-electron chi connectivity index (χ4n) is 2.41. The van der Waals surface area contributed by atoms with Gasteiger partial charge < -0.3 is 4.90 Å². The van der Waals surface area contributed by atoms with Crippen LogP contribution in [0.1, 0.15) is 36.0 Å². The third-order valence-electron chi connectivity index (χ3n) is 3.67. The number of aromatic nitrogens is 1. The molecule has 1 aromatic heterocycles. The normalized spacial score (nSPS) is 11.6. The Balaban J connectivity index is 2.23. The van der Waals surface area contributed by atoms with E-state index in [0.717, 1.165) is 5.01 Å². The van der Waals surface area contributed by atoms with Crippen molar-refractivity contribution >= 4 is 22.9 Å². The zero-order valence-corrected chi connectivity index (χ0v) is 15.5. The Morgan fingerprint density at radius 2 is 2.00 bits per heavy atom. The lowest BCUT2D eigenvalue weighted by molar-refractivity contribution is -0.385. The molecule has 0 spiro atoms. The van der Waals surface area contributed by atoms with Crippen molar-refractivity contribution in [3.8, 4) is 0 Å². The highest BCUT2D eigenvalue weighted by atomic mass is 32.1. The van der Waals surface area contributed by atoms with Crippen LogP contribution in [0.3, 0.4) is 0 Å². The third kappa shape index (κ3) is 6.02. The van der Waals surface area contributed by atoms with Gasteiger partial charge in [0.1, 0.15) is 6.54 Å². The fraction of sp³-hybridized carbons (Fsp3) is 0.412. The van der Waals surface area contributed by atoms with E-state index in [1.54, 1.807) is 5.38 Å². The molecule has 1 heterocycles. The van der Waals surface area contributed by atoms with E-state index in [1.165, 1.54) is 35.6 Å². The molecule has 0 radical (unpaired) electrons. The first kappa shape index (κ1) is 20.8. The first-order valence-electron chi connectivity index (χ1n) is 8.08. The number of carbonyl (C=O) groups is 1. The minimum absolute atomic E-state index is 0.0428.